The van der Waals surface area contributed by atoms with E-state index in [1.54, 1.807) is 41.5 Å². The second kappa shape index (κ2) is 39.3. The van der Waals surface area contributed by atoms with E-state index in [1.165, 1.54) is 85.6 Å². The van der Waals surface area contributed by atoms with Crippen molar-refractivity contribution in [3.05, 3.63) is 68.9 Å². The number of guanidine groups is 2. The van der Waals surface area contributed by atoms with Gasteiger partial charge in [0.05, 0.1) is 86.7 Å². The molecule has 5 amide bonds. The number of amides is 5. The molecule has 20 N–H and O–H groups in total. The first kappa shape index (κ1) is 99.2. The Morgan fingerprint density at radius 2 is 0.736 bits per heavy atom. The molecule has 3 saturated heterocycles. The number of carbonyl (C=O) groups is 11. The number of aliphatic carboxylic acids is 3. The number of thiazole rings is 3. The Balaban J connectivity index is 0.000000264. The second-order valence-electron chi connectivity index (χ2n) is 30.2. The van der Waals surface area contributed by atoms with Gasteiger partial charge in [-0.3, -0.25) is 67.1 Å². The highest BCUT2D eigenvalue weighted by Gasteiger charge is 2.57. The first-order valence-corrected chi connectivity index (χ1v) is 42.5. The van der Waals surface area contributed by atoms with Gasteiger partial charge < -0.3 is 73.7 Å². The van der Waals surface area contributed by atoms with Crippen molar-refractivity contribution in [1.29, 1.82) is 0 Å². The van der Waals surface area contributed by atoms with E-state index >= 15 is 0 Å². The molecule has 0 aliphatic carbocycles. The highest BCUT2D eigenvalue weighted by atomic mass is 32.2. The number of carboxylic acids is 3. The molecule has 9 rings (SSSR count). The van der Waals surface area contributed by atoms with Crippen molar-refractivity contribution in [3.8, 4) is 0 Å². The average molecular weight is 1880 g/mol. The van der Waals surface area contributed by atoms with Gasteiger partial charge in [0.2, 0.25) is 40.5 Å². The molecule has 0 bridgehead atoms. The van der Waals surface area contributed by atoms with Crippen LogP contribution in [0.15, 0.2) is 60.2 Å². The molecule has 6 aromatic heterocycles. The Labute approximate surface area is 719 Å². The Hall–Kier alpha value is -12.9. The minimum atomic E-state index is -5.09. The van der Waals surface area contributed by atoms with Crippen LogP contribution in [0, 0.1) is 17.8 Å². The summed E-state index contributed by atoms with van der Waals surface area (Å²) in [4.78, 5) is 172. The molecule has 0 saturated carbocycles. The van der Waals surface area contributed by atoms with Crippen LogP contribution in [0.2, 0.25) is 0 Å². The summed E-state index contributed by atoms with van der Waals surface area (Å²) in [6.07, 6.45) is 0.451. The minimum Gasteiger partial charge on any atom is -0.478 e. The fourth-order valence-electron chi connectivity index (χ4n) is 10.6. The summed E-state index contributed by atoms with van der Waals surface area (Å²) in [6.45, 7) is 15.8. The first-order valence-electron chi connectivity index (χ1n) is 35.7. The van der Waals surface area contributed by atoms with Gasteiger partial charge in [0.15, 0.2) is 55.8 Å². The van der Waals surface area contributed by atoms with Gasteiger partial charge in [-0.05, 0) is 83.1 Å². The van der Waals surface area contributed by atoms with Gasteiger partial charge in [-0.1, -0.05) is 31.1 Å². The maximum atomic E-state index is 13.5. The fraction of sp³-hybridized carbons (Fsp3) is 0.508. The Kier molecular flexibility index (Phi) is 31.2. The van der Waals surface area contributed by atoms with Crippen LogP contribution >= 0.6 is 34.0 Å². The zero-order valence-electron chi connectivity index (χ0n) is 67.8. The lowest BCUT2D eigenvalue weighted by molar-refractivity contribution is -0.161. The van der Waals surface area contributed by atoms with E-state index in [0.717, 1.165) is 38.7 Å². The van der Waals surface area contributed by atoms with Crippen LogP contribution in [-0.2, 0) is 137 Å². The molecule has 0 spiro atoms. The Morgan fingerprint density at radius 1 is 0.464 bits per heavy atom. The van der Waals surface area contributed by atoms with E-state index in [-0.39, 0.29) is 95.7 Å². The van der Waals surface area contributed by atoms with Crippen molar-refractivity contribution in [1.82, 2.24) is 83.5 Å². The highest BCUT2D eigenvalue weighted by Crippen LogP contribution is 2.38. The smallest absolute Gasteiger partial charge is 0.414 e. The van der Waals surface area contributed by atoms with Gasteiger partial charge >= 0.3 is 61.0 Å². The molecule has 3 aliphatic rings. The number of alkyl carbamates (subject to hydrolysis) is 2. The van der Waals surface area contributed by atoms with E-state index in [9.17, 15) is 107 Å². The number of nitrogen functional groups attached to an aromatic ring is 3. The van der Waals surface area contributed by atoms with Crippen LogP contribution in [0.1, 0.15) is 137 Å². The van der Waals surface area contributed by atoms with Crippen LogP contribution in [-0.4, -0.2) is 267 Å². The molecule has 3 aliphatic heterocycles. The van der Waals surface area contributed by atoms with Crippen molar-refractivity contribution in [3.63, 3.8) is 0 Å². The average Bonchev–Trinajstić information content (AvgIpc) is 1.52. The van der Waals surface area contributed by atoms with Crippen LogP contribution in [0.4, 0.5) is 25.0 Å². The molecule has 3 fully saturated rings. The summed E-state index contributed by atoms with van der Waals surface area (Å²) in [5.41, 5.74) is 25.2. The van der Waals surface area contributed by atoms with E-state index in [1.807, 2.05) is 0 Å². The van der Waals surface area contributed by atoms with E-state index in [2.05, 4.69) is 82.0 Å². The van der Waals surface area contributed by atoms with Gasteiger partial charge in [0, 0.05) is 48.1 Å². The van der Waals surface area contributed by atoms with Gasteiger partial charge in [0.25, 0.3) is 0 Å². The number of anilines is 3. The van der Waals surface area contributed by atoms with Crippen molar-refractivity contribution in [2.45, 2.75) is 188 Å². The number of hydrogen-bond donors (Lipinski definition) is 14. The zero-order valence-corrected chi connectivity index (χ0v) is 72.7. The van der Waals surface area contributed by atoms with Gasteiger partial charge in [0.1, 0.15) is 39.7 Å². The van der Waals surface area contributed by atoms with Crippen LogP contribution < -0.4 is 45.0 Å². The largest absolute Gasteiger partial charge is 0.478 e. The van der Waals surface area contributed by atoms with Gasteiger partial charge in [-0.2, -0.15) is 25.3 Å². The summed E-state index contributed by atoms with van der Waals surface area (Å²) in [5.74, 6) is -14.1. The number of ketones is 3. The molecule has 56 nitrogen and oxygen atoms in total. The van der Waals surface area contributed by atoms with Gasteiger partial charge in [-0.25, -0.2) is 61.8 Å². The molecular weight excluding hydrogens is 1790 g/mol. The quantitative estimate of drug-likeness (QED) is 0.00654. The van der Waals surface area contributed by atoms with Crippen molar-refractivity contribution in [2.75, 3.05) is 17.2 Å². The second-order valence-corrected chi connectivity index (χ2v) is 36.7. The normalized spacial score (nSPS) is 17.8. The number of nitrogens with one attached hydrogen (secondary N) is 2. The van der Waals surface area contributed by atoms with E-state index in [0.29, 0.717) is 11.4 Å². The van der Waals surface area contributed by atoms with Crippen LogP contribution in [0.25, 0.3) is 0 Å². The summed E-state index contributed by atoms with van der Waals surface area (Å²) in [5, 5.41) is 70.9. The molecule has 0 unspecified atom stereocenters. The summed E-state index contributed by atoms with van der Waals surface area (Å²) in [7, 11) is -15.0. The summed E-state index contributed by atoms with van der Waals surface area (Å²) >= 11 is 2.90. The SMILES string of the molecule is CC(C)(C)OC(=O)NC(=NCc1cn(C[C@@H]2[C@H](CC(=O)/C(=N\OC(C)(C)C(=O)O)c3csc(N)n3)C(=O)N2S(=O)(=O)O)nn1)NC(=O)OC(C)(C)C.CC(C)(O/N=C(\C(=O)C[C@@H]1C(=O)N(S(=O)(=O)O)[C@@H]1Cn1cc(CN)nn1)c1csc(N)n1)C(=O)O.CC(C)(O/N=C(\C(=O)C[C@@H]1C(=O)N(S(=O)(=O)O)[C@@H]1Cn1cc(CN=C(N)N)nn1)c1csc(N)n1)C(=O)O. The number of Topliss-reactive ketones (excluding diaryl/α,β-unsaturated/α-hetero) is 3. The number of hydrogen-bond acceptors (Lipinski definition) is 43. The predicted molar refractivity (Wildman–Crippen MR) is 431 cm³/mol. The van der Waals surface area contributed by atoms with Crippen molar-refractivity contribution < 1.29 is 131 Å². The lowest BCUT2D eigenvalue weighted by Gasteiger charge is -2.43. The predicted octanol–water partition coefficient (Wildman–Crippen LogP) is -2.29. The maximum absolute atomic E-state index is 13.5. The number of nitrogens with zero attached hydrogens (tertiary/aromatic N) is 20. The molecule has 682 valence electrons. The summed E-state index contributed by atoms with van der Waals surface area (Å²) in [6, 6.07) is -3.75. The molecule has 6 atom stereocenters. The molecule has 0 radical (unpaired) electrons. The van der Waals surface area contributed by atoms with E-state index < -0.39 is 203 Å². The molecule has 125 heavy (non-hydrogen) atoms. The number of oxime groups is 3. The number of β-lactam (4-membered cyclic amide) rings is 3. The number of nitrogens with two attached hydrogens (primary N) is 6. The van der Waals surface area contributed by atoms with Crippen LogP contribution in [0.5, 0.6) is 0 Å². The monoisotopic (exact) mass is 1870 g/mol. The van der Waals surface area contributed by atoms with E-state index in [4.69, 9.17) is 58.4 Å². The molecule has 0 aromatic carbocycles. The molecule has 62 heteroatoms. The standard InChI is InChI=1S/C28H40N10O12S2.C18H24N10O8S2.C17H22N8O8S2/c1-26(2,3)48-24(43)32-23(33-25(44)49-27(4,5)6)30-10-14-11-37(36-34-14)12-17-15(20(40)38(17)52(45,46)47)9-18(39)19(16-13-51-22(29)31-16)35-50-28(7,8)21(41)42;1-18(2,15(31)32)36-25-13(10-7-37-17(21)23-10)12(29)3-9-11(28(14(9)30)38(33,34)35)6-27-5-8(24-26-27)4-22-16(19)20;1-17(2,15(28)29)33-22-13(10-7-34-16(19)20-10)12(26)3-9-11(25(14(9)27)35(30,31)32)6-24-5-8(4-18)21-23-24/h11,13,15,17H,9-10,12H2,1-8H3,(H2,29,31)(H,41,42)(H,45,46,47)(H2,30,32,33,43,44);5,7,9,11H,3-4,6H2,1-2H3,(H2,21,23)(H,31,32)(H4,19,20,22)(H,33,34,35);5,7,9,11H,3-4,6,18H2,1-2H3,(H2,19,20)(H,28,29)(H,30,31,32)/b35-19-;25-13-;22-13-/t15-,17+;2*9-,11+/m000/s1. The third kappa shape index (κ3) is 27.1. The molecule has 6 aromatic rings. The topological polar surface area (TPSA) is 840 Å². The van der Waals surface area contributed by atoms with Crippen molar-refractivity contribution in [2.24, 2.45) is 60.4 Å². The number of aromatic nitrogens is 12. The number of ether oxygens (including phenoxy) is 2. The zero-order chi connectivity index (χ0) is 93.9. The highest BCUT2D eigenvalue weighted by molar-refractivity contribution is 7.84. The first-order chi connectivity index (χ1) is 57.6. The lowest BCUT2D eigenvalue weighted by Crippen LogP contribution is -2.64. The summed E-state index contributed by atoms with van der Waals surface area (Å²) < 4.78 is 115. The number of carbonyl (C=O) groups excluding carboxylic acids is 8. The third-order valence-electron chi connectivity index (χ3n) is 16.7. The van der Waals surface area contributed by atoms with Crippen LogP contribution in [0.3, 0.4) is 0 Å². The maximum Gasteiger partial charge on any atom is 0.414 e. The number of carboxylic acid groups (broad SMARTS) is 3. The molecular formula is C63H86N28O28S6. The Bertz CT molecular complexity index is 5600. The fourth-order valence-corrected chi connectivity index (χ4v) is 15.0. The van der Waals surface area contributed by atoms with Crippen molar-refractivity contribution >= 4 is 175 Å². The number of aliphatic imine (C=N–C) groups is 2. The molecule has 9 heterocycles. The lowest BCUT2D eigenvalue weighted by atomic mass is 9.84. The van der Waals surface area contributed by atoms with Gasteiger partial charge in [-0.15, -0.1) is 49.3 Å². The Morgan fingerprint density at radius 3 is 0.968 bits per heavy atom. The number of rotatable bonds is 35. The third-order valence-corrected chi connectivity index (χ3v) is 21.6. The minimum absolute atomic E-state index is 0.0147.